The quantitative estimate of drug-likeness (QED) is 0.792. The molecule has 0 bridgehead atoms. The lowest BCUT2D eigenvalue weighted by atomic mass is 10.1. The molecule has 2 aromatic rings. The number of aromatic nitrogens is 1. The van der Waals surface area contributed by atoms with Crippen LogP contribution in [0.5, 0.6) is 0 Å². The van der Waals surface area contributed by atoms with Crippen LogP contribution in [0.1, 0.15) is 17.3 Å². The number of aryl methyl sites for hydroxylation is 1. The number of nitrogens with one attached hydrogen (secondary N) is 1. The highest BCUT2D eigenvalue weighted by Gasteiger charge is 2.26. The molecule has 142 valence electrons. The predicted molar refractivity (Wildman–Crippen MR) is 97.6 cm³/mol. The number of morpholine rings is 1. The van der Waals surface area contributed by atoms with E-state index >= 15 is 0 Å². The zero-order valence-corrected chi connectivity index (χ0v) is 15.6. The minimum absolute atomic E-state index is 0.103. The smallest absolute Gasteiger partial charge is 0.215 e. The van der Waals surface area contributed by atoms with Crippen LogP contribution in [0.2, 0.25) is 0 Å². The van der Waals surface area contributed by atoms with E-state index in [1.54, 1.807) is 12.1 Å². The molecule has 26 heavy (non-hydrogen) atoms. The van der Waals surface area contributed by atoms with Gasteiger partial charge in [0.15, 0.2) is 0 Å². The second kappa shape index (κ2) is 8.30. The van der Waals surface area contributed by atoms with Gasteiger partial charge < -0.3 is 9.30 Å². The molecule has 6 nitrogen and oxygen atoms in total. The maximum absolute atomic E-state index is 13.8. The molecule has 1 aromatic carbocycles. The fourth-order valence-electron chi connectivity index (χ4n) is 3.21. The number of benzene rings is 1. The van der Waals surface area contributed by atoms with Crippen molar-refractivity contribution in [2.45, 2.75) is 11.8 Å². The van der Waals surface area contributed by atoms with Crippen LogP contribution in [0.15, 0.2) is 42.6 Å². The maximum Gasteiger partial charge on any atom is 0.215 e. The van der Waals surface area contributed by atoms with Crippen LogP contribution in [0, 0.1) is 5.82 Å². The van der Waals surface area contributed by atoms with Crippen molar-refractivity contribution < 1.29 is 17.5 Å². The first-order valence-electron chi connectivity index (χ1n) is 8.60. The third-order valence-electron chi connectivity index (χ3n) is 4.61. The van der Waals surface area contributed by atoms with Gasteiger partial charge in [-0.25, -0.2) is 17.5 Å². The van der Waals surface area contributed by atoms with E-state index in [0.717, 1.165) is 18.8 Å². The Balaban J connectivity index is 1.72. The highest BCUT2D eigenvalue weighted by Crippen LogP contribution is 2.22. The monoisotopic (exact) mass is 381 g/mol. The Bertz CT molecular complexity index is 832. The second-order valence-electron chi connectivity index (χ2n) is 6.41. The lowest BCUT2D eigenvalue weighted by Crippen LogP contribution is -2.44. The first-order chi connectivity index (χ1) is 12.5. The van der Waals surface area contributed by atoms with Crippen LogP contribution in [0.3, 0.4) is 0 Å². The van der Waals surface area contributed by atoms with Gasteiger partial charge in [0.2, 0.25) is 10.0 Å². The zero-order chi connectivity index (χ0) is 18.6. The largest absolute Gasteiger partial charge is 0.379 e. The fourth-order valence-corrected chi connectivity index (χ4v) is 4.36. The predicted octanol–water partition coefficient (Wildman–Crippen LogP) is 1.66. The lowest BCUT2D eigenvalue weighted by Gasteiger charge is -2.34. The summed E-state index contributed by atoms with van der Waals surface area (Å²) >= 11 is 0. The minimum Gasteiger partial charge on any atom is -0.379 e. The SMILES string of the molecule is Cn1cccc1C(CNS(=O)(=O)Cc1ccccc1F)N1CCOCC1. The van der Waals surface area contributed by atoms with Crippen molar-refractivity contribution in [3.8, 4) is 0 Å². The summed E-state index contributed by atoms with van der Waals surface area (Å²) < 4.78 is 48.8. The summed E-state index contributed by atoms with van der Waals surface area (Å²) in [6.45, 7) is 2.97. The molecule has 8 heteroatoms. The summed E-state index contributed by atoms with van der Waals surface area (Å²) in [6, 6.07) is 9.77. The summed E-state index contributed by atoms with van der Waals surface area (Å²) in [5.41, 5.74) is 1.20. The van der Waals surface area contributed by atoms with E-state index in [4.69, 9.17) is 4.74 Å². The van der Waals surface area contributed by atoms with E-state index in [0.29, 0.717) is 13.2 Å². The van der Waals surface area contributed by atoms with Crippen molar-refractivity contribution in [3.63, 3.8) is 0 Å². The molecule has 0 aliphatic carbocycles. The van der Waals surface area contributed by atoms with Gasteiger partial charge in [0, 0.05) is 44.1 Å². The molecule has 1 atom stereocenters. The van der Waals surface area contributed by atoms with Gasteiger partial charge in [-0.3, -0.25) is 4.90 Å². The Morgan fingerprint density at radius 3 is 2.58 bits per heavy atom. The minimum atomic E-state index is -3.65. The normalized spacial score (nSPS) is 17.3. The van der Waals surface area contributed by atoms with Gasteiger partial charge in [-0.05, 0) is 18.2 Å². The van der Waals surface area contributed by atoms with Crippen molar-refractivity contribution >= 4 is 10.0 Å². The van der Waals surface area contributed by atoms with Gasteiger partial charge in [-0.15, -0.1) is 0 Å². The molecule has 1 fully saturated rings. The van der Waals surface area contributed by atoms with Crippen LogP contribution in [0.4, 0.5) is 4.39 Å². The summed E-state index contributed by atoms with van der Waals surface area (Å²) in [7, 11) is -1.71. The number of sulfonamides is 1. The molecule has 1 aliphatic rings. The molecule has 1 unspecified atom stereocenters. The fraction of sp³-hybridized carbons (Fsp3) is 0.444. The average molecular weight is 381 g/mol. The summed E-state index contributed by atoms with van der Waals surface area (Å²) in [5.74, 6) is -0.882. The topological polar surface area (TPSA) is 63.6 Å². The second-order valence-corrected chi connectivity index (χ2v) is 8.21. The van der Waals surface area contributed by atoms with Crippen LogP contribution < -0.4 is 4.72 Å². The van der Waals surface area contributed by atoms with E-state index in [2.05, 4.69) is 9.62 Å². The molecule has 2 heterocycles. The van der Waals surface area contributed by atoms with Crippen molar-refractivity contribution in [1.29, 1.82) is 0 Å². The van der Waals surface area contributed by atoms with E-state index in [1.165, 1.54) is 12.1 Å². The molecule has 0 saturated carbocycles. The molecule has 1 N–H and O–H groups in total. The summed E-state index contributed by atoms with van der Waals surface area (Å²) in [6.07, 6.45) is 1.94. The van der Waals surface area contributed by atoms with E-state index in [9.17, 15) is 12.8 Å². The van der Waals surface area contributed by atoms with Crippen molar-refractivity contribution in [2.24, 2.45) is 7.05 Å². The van der Waals surface area contributed by atoms with Crippen LogP contribution >= 0.6 is 0 Å². The van der Waals surface area contributed by atoms with Gasteiger partial charge in [-0.1, -0.05) is 18.2 Å². The highest BCUT2D eigenvalue weighted by molar-refractivity contribution is 7.88. The molecular weight excluding hydrogens is 357 g/mol. The lowest BCUT2D eigenvalue weighted by molar-refractivity contribution is 0.0158. The summed E-state index contributed by atoms with van der Waals surface area (Å²) in [5, 5.41) is 0. The average Bonchev–Trinajstić information content (AvgIpc) is 3.04. The third-order valence-corrected chi connectivity index (χ3v) is 5.91. The van der Waals surface area contributed by atoms with Crippen molar-refractivity contribution in [1.82, 2.24) is 14.2 Å². The first-order valence-corrected chi connectivity index (χ1v) is 10.3. The standard InChI is InChI=1S/C18H24FN3O3S/c1-21-8-4-7-17(21)18(22-9-11-25-12-10-22)13-20-26(23,24)14-15-5-2-3-6-16(15)19/h2-8,18,20H,9-14H2,1H3. The van der Waals surface area contributed by atoms with Crippen LogP contribution in [-0.4, -0.2) is 50.7 Å². The number of hydrogen-bond acceptors (Lipinski definition) is 4. The Hall–Kier alpha value is -1.74. The molecule has 1 saturated heterocycles. The maximum atomic E-state index is 13.8. The Morgan fingerprint density at radius 1 is 1.19 bits per heavy atom. The van der Waals surface area contributed by atoms with Crippen LogP contribution in [0.25, 0.3) is 0 Å². The number of halogens is 1. The Morgan fingerprint density at radius 2 is 1.92 bits per heavy atom. The number of nitrogens with zero attached hydrogens (tertiary/aromatic N) is 2. The Kier molecular flexibility index (Phi) is 6.08. The van der Waals surface area contributed by atoms with E-state index < -0.39 is 15.8 Å². The van der Waals surface area contributed by atoms with Gasteiger partial charge in [-0.2, -0.15) is 0 Å². The van der Waals surface area contributed by atoms with Crippen molar-refractivity contribution in [2.75, 3.05) is 32.8 Å². The summed E-state index contributed by atoms with van der Waals surface area (Å²) in [4.78, 5) is 2.21. The highest BCUT2D eigenvalue weighted by atomic mass is 32.2. The van der Waals surface area contributed by atoms with E-state index in [1.807, 2.05) is 29.9 Å². The van der Waals surface area contributed by atoms with E-state index in [-0.39, 0.29) is 23.9 Å². The van der Waals surface area contributed by atoms with Gasteiger partial charge >= 0.3 is 0 Å². The molecule has 1 aliphatic heterocycles. The van der Waals surface area contributed by atoms with Gasteiger partial charge in [0.25, 0.3) is 0 Å². The van der Waals surface area contributed by atoms with Gasteiger partial charge in [0.1, 0.15) is 5.82 Å². The zero-order valence-electron chi connectivity index (χ0n) is 14.8. The van der Waals surface area contributed by atoms with Crippen LogP contribution in [-0.2, 0) is 27.6 Å². The molecule has 0 spiro atoms. The third kappa shape index (κ3) is 4.70. The first kappa shape index (κ1) is 19.0. The molecular formula is C18H24FN3O3S. The Labute approximate surface area is 153 Å². The molecule has 3 rings (SSSR count). The number of rotatable bonds is 7. The molecule has 0 amide bonds. The molecule has 0 radical (unpaired) electrons. The number of ether oxygens (including phenoxy) is 1. The molecule has 1 aromatic heterocycles. The van der Waals surface area contributed by atoms with Crippen molar-refractivity contribution in [3.05, 3.63) is 59.7 Å². The number of hydrogen-bond donors (Lipinski definition) is 1. The van der Waals surface area contributed by atoms with Gasteiger partial charge in [0.05, 0.1) is 25.0 Å².